The van der Waals surface area contributed by atoms with E-state index < -0.39 is 15.7 Å². The lowest BCUT2D eigenvalue weighted by Gasteiger charge is -2.46. The minimum atomic E-state index is -3.41. The van der Waals surface area contributed by atoms with Gasteiger partial charge >= 0.3 is 0 Å². The maximum Gasteiger partial charge on any atom is 0.279 e. The van der Waals surface area contributed by atoms with Crippen LogP contribution < -0.4 is 10.5 Å². The fourth-order valence-corrected chi connectivity index (χ4v) is 4.47. The van der Waals surface area contributed by atoms with Crippen LogP contribution in [-0.4, -0.2) is 38.4 Å². The van der Waals surface area contributed by atoms with Crippen LogP contribution in [0.2, 0.25) is 0 Å². The predicted molar refractivity (Wildman–Crippen MR) is 74.4 cm³/mol. The summed E-state index contributed by atoms with van der Waals surface area (Å²) in [4.78, 5) is 0. The fourth-order valence-electron chi connectivity index (χ4n) is 3.07. The maximum absolute atomic E-state index is 12.2. The Labute approximate surface area is 111 Å². The number of hydrogen-bond acceptors (Lipinski definition) is 3. The van der Waals surface area contributed by atoms with Crippen LogP contribution >= 0.6 is 0 Å². The third-order valence-corrected chi connectivity index (χ3v) is 5.62. The Morgan fingerprint density at radius 2 is 2.17 bits per heavy atom. The van der Waals surface area contributed by atoms with Gasteiger partial charge in [-0.15, -0.1) is 0 Å². The predicted octanol–water partition coefficient (Wildman–Crippen LogP) is 1.07. The van der Waals surface area contributed by atoms with Crippen molar-refractivity contribution in [2.75, 3.05) is 20.1 Å². The van der Waals surface area contributed by atoms with E-state index in [1.54, 1.807) is 4.31 Å². The summed E-state index contributed by atoms with van der Waals surface area (Å²) in [5, 5.41) is 0. The fraction of sp³-hybridized carbons (Fsp3) is 1.00. The highest BCUT2D eigenvalue weighted by molar-refractivity contribution is 7.87. The molecule has 2 atom stereocenters. The van der Waals surface area contributed by atoms with Crippen molar-refractivity contribution in [2.24, 2.45) is 11.7 Å². The monoisotopic (exact) mass is 277 g/mol. The van der Waals surface area contributed by atoms with Crippen LogP contribution in [0.15, 0.2) is 0 Å². The summed E-state index contributed by atoms with van der Waals surface area (Å²) in [6, 6.07) is 0. The van der Waals surface area contributed by atoms with E-state index in [-0.39, 0.29) is 0 Å². The second-order valence-electron chi connectivity index (χ2n) is 5.41. The number of nitrogens with two attached hydrogens (primary N) is 1. The summed E-state index contributed by atoms with van der Waals surface area (Å²) in [6.45, 7) is 5.11. The highest BCUT2D eigenvalue weighted by atomic mass is 32.2. The maximum atomic E-state index is 12.2. The quantitative estimate of drug-likeness (QED) is 0.762. The summed E-state index contributed by atoms with van der Waals surface area (Å²) >= 11 is 0. The van der Waals surface area contributed by atoms with Gasteiger partial charge in [-0.3, -0.25) is 0 Å². The molecule has 0 aromatic carbocycles. The van der Waals surface area contributed by atoms with E-state index in [1.807, 2.05) is 6.92 Å². The van der Waals surface area contributed by atoms with Crippen LogP contribution in [0.25, 0.3) is 0 Å². The summed E-state index contributed by atoms with van der Waals surface area (Å²) in [5.41, 5.74) is 5.56. The van der Waals surface area contributed by atoms with E-state index in [0.717, 1.165) is 25.7 Å². The standard InChI is InChI=1S/C12H27N3O2S/c1-4-8-15(18(16,17)14-3)12(10-13)7-5-6-11(2)9-12/h11,14H,4-10,13H2,1-3H3. The molecular formula is C12H27N3O2S. The molecule has 0 amide bonds. The number of nitrogens with zero attached hydrogens (tertiary/aromatic N) is 1. The molecule has 0 saturated heterocycles. The molecule has 18 heavy (non-hydrogen) atoms. The molecule has 0 bridgehead atoms. The Kier molecular flexibility index (Phi) is 5.58. The van der Waals surface area contributed by atoms with Crippen molar-refractivity contribution in [1.82, 2.24) is 9.03 Å². The average molecular weight is 277 g/mol. The van der Waals surface area contributed by atoms with E-state index in [9.17, 15) is 8.42 Å². The second kappa shape index (κ2) is 6.32. The van der Waals surface area contributed by atoms with Crippen LogP contribution in [-0.2, 0) is 10.2 Å². The van der Waals surface area contributed by atoms with Gasteiger partial charge in [0, 0.05) is 25.7 Å². The van der Waals surface area contributed by atoms with Gasteiger partial charge in [0.05, 0.1) is 0 Å². The van der Waals surface area contributed by atoms with Crippen molar-refractivity contribution in [3.63, 3.8) is 0 Å². The van der Waals surface area contributed by atoms with Crippen molar-refractivity contribution in [2.45, 2.75) is 51.5 Å². The van der Waals surface area contributed by atoms with Crippen molar-refractivity contribution < 1.29 is 8.42 Å². The van der Waals surface area contributed by atoms with Crippen molar-refractivity contribution >= 4 is 10.2 Å². The molecule has 5 nitrogen and oxygen atoms in total. The zero-order valence-electron chi connectivity index (χ0n) is 11.8. The van der Waals surface area contributed by atoms with Gasteiger partial charge in [0.2, 0.25) is 0 Å². The first-order chi connectivity index (χ1) is 8.41. The summed E-state index contributed by atoms with van der Waals surface area (Å²) in [5.74, 6) is 0.536. The molecule has 6 heteroatoms. The van der Waals surface area contributed by atoms with Crippen molar-refractivity contribution in [3.05, 3.63) is 0 Å². The Balaban J connectivity index is 3.07. The summed E-state index contributed by atoms with van der Waals surface area (Å²) in [6.07, 6.45) is 4.76. The SMILES string of the molecule is CCCN(C1(CN)CCCC(C)C1)S(=O)(=O)NC. The first-order valence-corrected chi connectivity index (χ1v) is 8.27. The van der Waals surface area contributed by atoms with Gasteiger partial charge < -0.3 is 5.73 Å². The Morgan fingerprint density at radius 3 is 2.61 bits per heavy atom. The Morgan fingerprint density at radius 1 is 1.50 bits per heavy atom. The third kappa shape index (κ3) is 3.23. The number of hydrogen-bond donors (Lipinski definition) is 2. The molecular weight excluding hydrogens is 250 g/mol. The average Bonchev–Trinajstić information content (AvgIpc) is 2.35. The third-order valence-electron chi connectivity index (χ3n) is 3.95. The second-order valence-corrected chi connectivity index (χ2v) is 7.21. The van der Waals surface area contributed by atoms with Gasteiger partial charge in [-0.05, 0) is 25.2 Å². The molecule has 1 fully saturated rings. The van der Waals surface area contributed by atoms with Crippen molar-refractivity contribution in [3.8, 4) is 0 Å². The van der Waals surface area contributed by atoms with Gasteiger partial charge in [-0.1, -0.05) is 26.7 Å². The molecule has 0 aliphatic heterocycles. The molecule has 3 N–H and O–H groups in total. The molecule has 1 aliphatic carbocycles. The Hall–Kier alpha value is -0.170. The number of rotatable bonds is 6. The minimum Gasteiger partial charge on any atom is -0.329 e. The number of nitrogens with one attached hydrogen (secondary N) is 1. The van der Waals surface area contributed by atoms with Crippen LogP contribution in [0.5, 0.6) is 0 Å². The zero-order chi connectivity index (χ0) is 13.8. The van der Waals surface area contributed by atoms with E-state index in [2.05, 4.69) is 11.6 Å². The first kappa shape index (κ1) is 15.9. The zero-order valence-corrected chi connectivity index (χ0v) is 12.6. The summed E-state index contributed by atoms with van der Waals surface area (Å²) in [7, 11) is -1.95. The largest absolute Gasteiger partial charge is 0.329 e. The highest BCUT2D eigenvalue weighted by Crippen LogP contribution is 2.37. The molecule has 0 aromatic rings. The minimum absolute atomic E-state index is 0.393. The lowest BCUT2D eigenvalue weighted by atomic mass is 9.76. The molecule has 0 heterocycles. The molecule has 1 saturated carbocycles. The van der Waals surface area contributed by atoms with Crippen LogP contribution in [0, 0.1) is 5.92 Å². The van der Waals surface area contributed by atoms with E-state index >= 15 is 0 Å². The molecule has 0 aromatic heterocycles. The first-order valence-electron chi connectivity index (χ1n) is 6.83. The molecule has 0 radical (unpaired) electrons. The lowest BCUT2D eigenvalue weighted by molar-refractivity contribution is 0.107. The molecule has 108 valence electrons. The van der Waals surface area contributed by atoms with Crippen LogP contribution in [0.4, 0.5) is 0 Å². The van der Waals surface area contributed by atoms with Gasteiger partial charge in [0.25, 0.3) is 10.2 Å². The highest BCUT2D eigenvalue weighted by Gasteiger charge is 2.43. The van der Waals surface area contributed by atoms with Crippen LogP contribution in [0.1, 0.15) is 46.0 Å². The van der Waals surface area contributed by atoms with E-state index in [1.165, 1.54) is 13.5 Å². The smallest absolute Gasteiger partial charge is 0.279 e. The molecule has 1 aliphatic rings. The lowest BCUT2D eigenvalue weighted by Crippen LogP contribution is -2.60. The molecule has 0 spiro atoms. The Bertz CT molecular complexity index is 358. The van der Waals surface area contributed by atoms with Gasteiger partial charge in [0.1, 0.15) is 0 Å². The van der Waals surface area contributed by atoms with Gasteiger partial charge in [-0.25, -0.2) is 4.72 Å². The normalized spacial score (nSPS) is 29.7. The molecule has 1 rings (SSSR count). The van der Waals surface area contributed by atoms with Crippen LogP contribution in [0.3, 0.4) is 0 Å². The topological polar surface area (TPSA) is 75.4 Å². The van der Waals surface area contributed by atoms with Gasteiger partial charge in [0.15, 0.2) is 0 Å². The van der Waals surface area contributed by atoms with E-state index in [0.29, 0.717) is 19.0 Å². The van der Waals surface area contributed by atoms with Crippen molar-refractivity contribution in [1.29, 1.82) is 0 Å². The molecule has 2 unspecified atom stereocenters. The summed E-state index contributed by atoms with van der Waals surface area (Å²) < 4.78 is 28.5. The van der Waals surface area contributed by atoms with E-state index in [4.69, 9.17) is 5.73 Å². The van der Waals surface area contributed by atoms with Gasteiger partial charge in [-0.2, -0.15) is 12.7 Å².